The van der Waals surface area contributed by atoms with Gasteiger partial charge in [-0.2, -0.15) is 8.78 Å². The highest BCUT2D eigenvalue weighted by atomic mass is 127. The van der Waals surface area contributed by atoms with Crippen molar-refractivity contribution < 1.29 is 18.3 Å². The third-order valence-corrected chi connectivity index (χ3v) is 2.92. The van der Waals surface area contributed by atoms with Crippen LogP contribution in [-0.4, -0.2) is 39.9 Å². The maximum atomic E-state index is 12.4. The monoisotopic (exact) mass is 443 g/mol. The van der Waals surface area contributed by atoms with Crippen LogP contribution in [0.5, 0.6) is 5.75 Å². The zero-order valence-electron chi connectivity index (χ0n) is 13.6. The van der Waals surface area contributed by atoms with E-state index in [-0.39, 0.29) is 29.7 Å². The number of aryl methyl sites for hydroxylation is 1. The molecule has 1 aromatic rings. The van der Waals surface area contributed by atoms with Crippen molar-refractivity contribution in [3.8, 4) is 5.75 Å². The van der Waals surface area contributed by atoms with Crippen LogP contribution in [0.25, 0.3) is 0 Å². The highest BCUT2D eigenvalue weighted by Crippen LogP contribution is 2.21. The van der Waals surface area contributed by atoms with Crippen LogP contribution in [0.3, 0.4) is 0 Å². The second-order valence-electron chi connectivity index (χ2n) is 4.69. The lowest BCUT2D eigenvalue weighted by Crippen LogP contribution is -2.37. The minimum absolute atomic E-state index is 0. The molecule has 0 aliphatic rings. The van der Waals surface area contributed by atoms with Crippen molar-refractivity contribution in [2.45, 2.75) is 26.5 Å². The van der Waals surface area contributed by atoms with Crippen LogP contribution in [0.4, 0.5) is 8.78 Å². The summed E-state index contributed by atoms with van der Waals surface area (Å²) in [6.07, 6.45) is 0.849. The first kappa shape index (κ1) is 21.8. The molecule has 0 amide bonds. The highest BCUT2D eigenvalue weighted by molar-refractivity contribution is 14.0. The third-order valence-electron chi connectivity index (χ3n) is 2.92. The van der Waals surface area contributed by atoms with Gasteiger partial charge in [0, 0.05) is 39.4 Å². The summed E-state index contributed by atoms with van der Waals surface area (Å²) < 4.78 is 34.3. The van der Waals surface area contributed by atoms with E-state index in [1.165, 1.54) is 0 Å². The number of rotatable bonds is 8. The molecule has 5 nitrogen and oxygen atoms in total. The minimum atomic E-state index is -2.84. The van der Waals surface area contributed by atoms with Crippen molar-refractivity contribution in [3.63, 3.8) is 0 Å². The van der Waals surface area contributed by atoms with E-state index in [9.17, 15) is 8.78 Å². The van der Waals surface area contributed by atoms with E-state index in [0.717, 1.165) is 12.0 Å². The van der Waals surface area contributed by atoms with E-state index < -0.39 is 6.61 Å². The van der Waals surface area contributed by atoms with Gasteiger partial charge >= 0.3 is 6.61 Å². The van der Waals surface area contributed by atoms with Gasteiger partial charge in [-0.1, -0.05) is 17.7 Å². The number of nitrogens with one attached hydrogen (secondary N) is 2. The Morgan fingerprint density at radius 2 is 2.04 bits per heavy atom. The van der Waals surface area contributed by atoms with Crippen molar-refractivity contribution in [2.75, 3.05) is 27.3 Å². The molecule has 0 unspecified atom stereocenters. The van der Waals surface area contributed by atoms with E-state index in [2.05, 4.69) is 20.4 Å². The van der Waals surface area contributed by atoms with Crippen molar-refractivity contribution in [1.82, 2.24) is 10.6 Å². The minimum Gasteiger partial charge on any atom is -0.434 e. The first-order valence-corrected chi connectivity index (χ1v) is 7.04. The lowest BCUT2D eigenvalue weighted by atomic mass is 10.1. The van der Waals surface area contributed by atoms with Gasteiger partial charge in [0.25, 0.3) is 0 Å². The van der Waals surface area contributed by atoms with Crippen molar-refractivity contribution in [1.29, 1.82) is 0 Å². The number of methoxy groups -OCH3 is 1. The quantitative estimate of drug-likeness (QED) is 0.281. The van der Waals surface area contributed by atoms with Crippen molar-refractivity contribution in [2.24, 2.45) is 4.99 Å². The van der Waals surface area contributed by atoms with Gasteiger partial charge in [-0.15, -0.1) is 24.0 Å². The molecule has 0 aromatic heterocycles. The van der Waals surface area contributed by atoms with Crippen molar-refractivity contribution in [3.05, 3.63) is 29.3 Å². The van der Waals surface area contributed by atoms with Crippen LogP contribution < -0.4 is 15.4 Å². The van der Waals surface area contributed by atoms with Gasteiger partial charge in [-0.25, -0.2) is 0 Å². The number of guanidine groups is 1. The molecule has 0 bridgehead atoms. The molecule has 132 valence electrons. The smallest absolute Gasteiger partial charge is 0.387 e. The standard InChI is InChI=1S/C15H23F2N3O2.HI/c1-11-5-6-13(22-14(16)17)12(9-11)10-20-15(18-2)19-7-4-8-21-3;/h5-6,9,14H,4,7-8,10H2,1-3H3,(H2,18,19,20);1H. The molecule has 1 rings (SSSR count). The van der Waals surface area contributed by atoms with Crippen LogP contribution in [0, 0.1) is 6.92 Å². The van der Waals surface area contributed by atoms with Crippen LogP contribution in [0.1, 0.15) is 17.5 Å². The van der Waals surface area contributed by atoms with Gasteiger partial charge < -0.3 is 20.1 Å². The molecule has 0 fully saturated rings. The average molecular weight is 443 g/mol. The molecule has 0 saturated carbocycles. The van der Waals surface area contributed by atoms with Gasteiger partial charge in [0.2, 0.25) is 0 Å². The Morgan fingerprint density at radius 1 is 1.30 bits per heavy atom. The van der Waals surface area contributed by atoms with E-state index in [0.29, 0.717) is 31.2 Å². The molecule has 0 radical (unpaired) electrons. The molecule has 0 aliphatic heterocycles. The summed E-state index contributed by atoms with van der Waals surface area (Å²) >= 11 is 0. The first-order chi connectivity index (χ1) is 10.6. The lowest BCUT2D eigenvalue weighted by molar-refractivity contribution is -0.0504. The topological polar surface area (TPSA) is 54.9 Å². The number of ether oxygens (including phenoxy) is 2. The Kier molecular flexibility index (Phi) is 11.7. The van der Waals surface area contributed by atoms with Crippen LogP contribution >= 0.6 is 24.0 Å². The van der Waals surface area contributed by atoms with Gasteiger partial charge in [0.1, 0.15) is 5.75 Å². The molecule has 0 spiro atoms. The zero-order chi connectivity index (χ0) is 16.4. The Balaban J connectivity index is 0.00000484. The average Bonchev–Trinajstić information content (AvgIpc) is 2.48. The number of alkyl halides is 2. The fourth-order valence-corrected chi connectivity index (χ4v) is 1.88. The number of benzene rings is 1. The highest BCUT2D eigenvalue weighted by Gasteiger charge is 2.10. The summed E-state index contributed by atoms with van der Waals surface area (Å²) in [5.41, 5.74) is 1.63. The molecule has 0 atom stereocenters. The second kappa shape index (κ2) is 12.3. The lowest BCUT2D eigenvalue weighted by Gasteiger charge is -2.15. The molecule has 0 aliphatic carbocycles. The Morgan fingerprint density at radius 3 is 2.65 bits per heavy atom. The number of aliphatic imine (C=N–C) groups is 1. The van der Waals surface area contributed by atoms with Crippen LogP contribution in [0.15, 0.2) is 23.2 Å². The molecule has 0 saturated heterocycles. The number of hydrogen-bond donors (Lipinski definition) is 2. The number of hydrogen-bond acceptors (Lipinski definition) is 3. The predicted molar refractivity (Wildman–Crippen MR) is 97.9 cm³/mol. The summed E-state index contributed by atoms with van der Waals surface area (Å²) in [7, 11) is 3.30. The Labute approximate surface area is 152 Å². The van der Waals surface area contributed by atoms with Crippen molar-refractivity contribution >= 4 is 29.9 Å². The fourth-order valence-electron chi connectivity index (χ4n) is 1.88. The van der Waals surface area contributed by atoms with Crippen LogP contribution in [0.2, 0.25) is 0 Å². The van der Waals surface area contributed by atoms with Crippen LogP contribution in [-0.2, 0) is 11.3 Å². The number of nitrogens with zero attached hydrogens (tertiary/aromatic N) is 1. The summed E-state index contributed by atoms with van der Waals surface area (Å²) in [4.78, 5) is 4.08. The summed E-state index contributed by atoms with van der Waals surface area (Å²) in [6.45, 7) is 0.768. The maximum absolute atomic E-state index is 12.4. The van der Waals surface area contributed by atoms with E-state index in [1.54, 1.807) is 26.3 Å². The van der Waals surface area contributed by atoms with Gasteiger partial charge in [0.15, 0.2) is 5.96 Å². The van der Waals surface area contributed by atoms with E-state index >= 15 is 0 Å². The Bertz CT molecular complexity index is 488. The van der Waals surface area contributed by atoms with Gasteiger partial charge in [-0.3, -0.25) is 4.99 Å². The van der Waals surface area contributed by atoms with Gasteiger partial charge in [-0.05, 0) is 19.4 Å². The molecule has 23 heavy (non-hydrogen) atoms. The largest absolute Gasteiger partial charge is 0.434 e. The SMILES string of the molecule is CN=C(NCCCOC)NCc1cc(C)ccc1OC(F)F.I. The first-order valence-electron chi connectivity index (χ1n) is 7.04. The second-order valence-corrected chi connectivity index (χ2v) is 4.69. The number of halogens is 3. The summed E-state index contributed by atoms with van der Waals surface area (Å²) in [6, 6.07) is 5.09. The normalized spacial score (nSPS) is 11.1. The fraction of sp³-hybridized carbons (Fsp3) is 0.533. The molecule has 8 heteroatoms. The third kappa shape index (κ3) is 8.89. The zero-order valence-corrected chi connectivity index (χ0v) is 15.9. The molecule has 1 aromatic carbocycles. The molecule has 2 N–H and O–H groups in total. The van der Waals surface area contributed by atoms with E-state index in [1.807, 2.05) is 13.0 Å². The summed E-state index contributed by atoms with van der Waals surface area (Å²) in [5, 5.41) is 6.20. The molecule has 0 heterocycles. The predicted octanol–water partition coefficient (Wildman–Crippen LogP) is 2.92. The molecular formula is C15H24F2IN3O2. The maximum Gasteiger partial charge on any atom is 0.387 e. The molecular weight excluding hydrogens is 419 g/mol. The summed E-state index contributed by atoms with van der Waals surface area (Å²) in [5.74, 6) is 0.767. The van der Waals surface area contributed by atoms with Gasteiger partial charge in [0.05, 0.1) is 0 Å². The van der Waals surface area contributed by atoms with E-state index in [4.69, 9.17) is 4.74 Å². The Hall–Kier alpha value is -1.16.